The van der Waals surface area contributed by atoms with E-state index in [1.165, 1.54) is 6.42 Å². The molecular weight excluding hydrogens is 160 g/mol. The molecule has 1 saturated heterocycles. The molecule has 0 aromatic carbocycles. The summed E-state index contributed by atoms with van der Waals surface area (Å²) >= 11 is 1.78. The first-order valence-electron chi connectivity index (χ1n) is 3.84. The van der Waals surface area contributed by atoms with Crippen LogP contribution < -0.4 is 11.1 Å². The second kappa shape index (κ2) is 3.97. The van der Waals surface area contributed by atoms with E-state index >= 15 is 0 Å². The van der Waals surface area contributed by atoms with Crippen LogP contribution in [0.15, 0.2) is 0 Å². The van der Waals surface area contributed by atoms with Crippen molar-refractivity contribution in [3.05, 3.63) is 0 Å². The van der Waals surface area contributed by atoms with Gasteiger partial charge in [-0.2, -0.15) is 0 Å². The Morgan fingerprint density at radius 1 is 1.82 bits per heavy atom. The first-order chi connectivity index (χ1) is 5.18. The van der Waals surface area contributed by atoms with Crippen molar-refractivity contribution in [2.24, 2.45) is 5.73 Å². The molecule has 0 bridgehead atoms. The third-order valence-electron chi connectivity index (χ3n) is 1.73. The second-order valence-electron chi connectivity index (χ2n) is 2.89. The SMILES string of the molecule is CC1CCSC(CC(N)=O)N1. The van der Waals surface area contributed by atoms with E-state index in [1.54, 1.807) is 11.8 Å². The van der Waals surface area contributed by atoms with Gasteiger partial charge in [0.25, 0.3) is 0 Å². The van der Waals surface area contributed by atoms with Crippen LogP contribution in [-0.2, 0) is 4.79 Å². The first kappa shape index (κ1) is 8.87. The molecule has 0 aliphatic carbocycles. The summed E-state index contributed by atoms with van der Waals surface area (Å²) in [6.07, 6.45) is 1.63. The number of primary amides is 1. The monoisotopic (exact) mass is 174 g/mol. The largest absolute Gasteiger partial charge is 0.370 e. The highest BCUT2D eigenvalue weighted by molar-refractivity contribution is 7.99. The Kier molecular flexibility index (Phi) is 3.20. The lowest BCUT2D eigenvalue weighted by Crippen LogP contribution is -2.41. The zero-order valence-corrected chi connectivity index (χ0v) is 7.49. The van der Waals surface area contributed by atoms with Crippen molar-refractivity contribution in [1.82, 2.24) is 5.32 Å². The van der Waals surface area contributed by atoms with Crippen molar-refractivity contribution < 1.29 is 4.79 Å². The zero-order valence-electron chi connectivity index (χ0n) is 6.67. The summed E-state index contributed by atoms with van der Waals surface area (Å²) in [4.78, 5) is 10.5. The highest BCUT2D eigenvalue weighted by atomic mass is 32.2. The minimum Gasteiger partial charge on any atom is -0.370 e. The molecule has 2 unspecified atom stereocenters. The number of nitrogens with one attached hydrogen (secondary N) is 1. The molecular formula is C7H14N2OS. The molecule has 64 valence electrons. The van der Waals surface area contributed by atoms with Crippen molar-refractivity contribution in [3.63, 3.8) is 0 Å². The van der Waals surface area contributed by atoms with Gasteiger partial charge in [-0.05, 0) is 19.1 Å². The summed E-state index contributed by atoms with van der Waals surface area (Å²) in [5, 5.41) is 3.56. The number of nitrogens with two attached hydrogens (primary N) is 1. The van der Waals surface area contributed by atoms with Crippen molar-refractivity contribution in [3.8, 4) is 0 Å². The molecule has 2 atom stereocenters. The average molecular weight is 174 g/mol. The molecule has 0 spiro atoms. The number of rotatable bonds is 2. The molecule has 3 N–H and O–H groups in total. The van der Waals surface area contributed by atoms with Crippen molar-refractivity contribution in [2.75, 3.05) is 5.75 Å². The fourth-order valence-corrected chi connectivity index (χ4v) is 2.52. The lowest BCUT2D eigenvalue weighted by molar-refractivity contribution is -0.118. The predicted octanol–water partition coefficient (Wildman–Crippen LogP) is 0.303. The van der Waals surface area contributed by atoms with Gasteiger partial charge >= 0.3 is 0 Å². The molecule has 0 radical (unpaired) electrons. The summed E-state index contributed by atoms with van der Waals surface area (Å²) in [5.41, 5.74) is 5.08. The minimum atomic E-state index is -0.218. The topological polar surface area (TPSA) is 55.1 Å². The third-order valence-corrected chi connectivity index (χ3v) is 2.90. The first-order valence-corrected chi connectivity index (χ1v) is 4.89. The van der Waals surface area contributed by atoms with Gasteiger partial charge in [0.2, 0.25) is 5.91 Å². The Morgan fingerprint density at radius 3 is 3.09 bits per heavy atom. The lowest BCUT2D eigenvalue weighted by Gasteiger charge is -2.27. The Balaban J connectivity index is 2.28. The maximum Gasteiger partial charge on any atom is 0.219 e. The van der Waals surface area contributed by atoms with Crippen LogP contribution in [0.5, 0.6) is 0 Å². The molecule has 1 rings (SSSR count). The van der Waals surface area contributed by atoms with Crippen LogP contribution in [-0.4, -0.2) is 23.1 Å². The summed E-state index contributed by atoms with van der Waals surface area (Å²) in [6, 6.07) is 0.528. The van der Waals surface area contributed by atoms with E-state index in [0.29, 0.717) is 12.5 Å². The molecule has 11 heavy (non-hydrogen) atoms. The van der Waals surface area contributed by atoms with E-state index in [-0.39, 0.29) is 11.3 Å². The van der Waals surface area contributed by atoms with Crippen molar-refractivity contribution in [1.29, 1.82) is 0 Å². The molecule has 1 aliphatic heterocycles. The normalized spacial score (nSPS) is 31.7. The molecule has 1 heterocycles. The number of carbonyl (C=O) groups is 1. The van der Waals surface area contributed by atoms with Crippen LogP contribution in [0, 0.1) is 0 Å². The van der Waals surface area contributed by atoms with E-state index < -0.39 is 0 Å². The smallest absolute Gasteiger partial charge is 0.219 e. The van der Waals surface area contributed by atoms with Gasteiger partial charge in [-0.25, -0.2) is 0 Å². The van der Waals surface area contributed by atoms with Gasteiger partial charge in [-0.1, -0.05) is 0 Å². The molecule has 1 aliphatic rings. The number of amides is 1. The van der Waals surface area contributed by atoms with Crippen LogP contribution in [0.2, 0.25) is 0 Å². The molecule has 3 nitrogen and oxygen atoms in total. The van der Waals surface area contributed by atoms with Gasteiger partial charge < -0.3 is 11.1 Å². The maximum atomic E-state index is 10.5. The van der Waals surface area contributed by atoms with Crippen LogP contribution in [0.25, 0.3) is 0 Å². The van der Waals surface area contributed by atoms with Crippen molar-refractivity contribution in [2.45, 2.75) is 31.2 Å². The van der Waals surface area contributed by atoms with Crippen LogP contribution in [0.3, 0.4) is 0 Å². The average Bonchev–Trinajstić information content (AvgIpc) is 1.85. The molecule has 1 fully saturated rings. The molecule has 1 amide bonds. The Bertz CT molecular complexity index is 151. The molecule has 0 aromatic heterocycles. The van der Waals surface area contributed by atoms with E-state index in [0.717, 1.165) is 5.75 Å². The quantitative estimate of drug-likeness (QED) is 0.633. The number of hydrogen-bond donors (Lipinski definition) is 2. The fourth-order valence-electron chi connectivity index (χ4n) is 1.14. The molecule has 4 heteroatoms. The van der Waals surface area contributed by atoms with Gasteiger partial charge in [0.1, 0.15) is 0 Å². The lowest BCUT2D eigenvalue weighted by atomic mass is 10.2. The highest BCUT2D eigenvalue weighted by Gasteiger charge is 2.19. The standard InChI is InChI=1S/C7H14N2OS/c1-5-2-3-11-7(9-5)4-6(8)10/h5,7,9H,2-4H2,1H3,(H2,8,10). The Hall–Kier alpha value is -0.220. The third kappa shape index (κ3) is 3.12. The Labute approximate surface area is 71.1 Å². The van der Waals surface area contributed by atoms with Crippen molar-refractivity contribution >= 4 is 17.7 Å². The zero-order chi connectivity index (χ0) is 8.27. The number of hydrogen-bond acceptors (Lipinski definition) is 3. The van der Waals surface area contributed by atoms with Gasteiger partial charge in [-0.3, -0.25) is 4.79 Å². The van der Waals surface area contributed by atoms with Gasteiger partial charge in [-0.15, -0.1) is 11.8 Å². The number of thioether (sulfide) groups is 1. The minimum absolute atomic E-state index is 0.218. The second-order valence-corrected chi connectivity index (χ2v) is 4.20. The van der Waals surface area contributed by atoms with E-state index in [1.807, 2.05) is 0 Å². The molecule has 0 saturated carbocycles. The molecule has 0 aromatic rings. The van der Waals surface area contributed by atoms with Crippen LogP contribution >= 0.6 is 11.8 Å². The van der Waals surface area contributed by atoms with E-state index in [2.05, 4.69) is 12.2 Å². The summed E-state index contributed by atoms with van der Waals surface area (Å²) in [5.74, 6) is 0.913. The highest BCUT2D eigenvalue weighted by Crippen LogP contribution is 2.19. The van der Waals surface area contributed by atoms with Gasteiger partial charge in [0, 0.05) is 6.04 Å². The van der Waals surface area contributed by atoms with Gasteiger partial charge in [0.15, 0.2) is 0 Å². The summed E-state index contributed by atoms with van der Waals surface area (Å²) in [6.45, 7) is 2.13. The van der Waals surface area contributed by atoms with Gasteiger partial charge in [0.05, 0.1) is 11.8 Å². The summed E-state index contributed by atoms with van der Waals surface area (Å²) < 4.78 is 0. The summed E-state index contributed by atoms with van der Waals surface area (Å²) in [7, 11) is 0. The van der Waals surface area contributed by atoms with E-state index in [9.17, 15) is 4.79 Å². The number of carbonyl (C=O) groups excluding carboxylic acids is 1. The maximum absolute atomic E-state index is 10.5. The van der Waals surface area contributed by atoms with Crippen LogP contribution in [0.1, 0.15) is 19.8 Å². The Morgan fingerprint density at radius 2 is 2.55 bits per heavy atom. The van der Waals surface area contributed by atoms with Crippen LogP contribution in [0.4, 0.5) is 0 Å². The van der Waals surface area contributed by atoms with E-state index in [4.69, 9.17) is 5.73 Å². The fraction of sp³-hybridized carbons (Fsp3) is 0.857. The predicted molar refractivity (Wildman–Crippen MR) is 47.3 cm³/mol.